The van der Waals surface area contributed by atoms with Gasteiger partial charge in [-0.05, 0) is 62.1 Å². The van der Waals surface area contributed by atoms with E-state index in [1.54, 1.807) is 18.3 Å². The van der Waals surface area contributed by atoms with Crippen molar-refractivity contribution in [1.82, 2.24) is 9.88 Å². The smallest absolute Gasteiger partial charge is 0.254 e. The second-order valence-corrected chi connectivity index (χ2v) is 11.5. The third-order valence-corrected chi connectivity index (χ3v) is 8.61. The molecule has 1 aromatic heterocycles. The number of rotatable bonds is 6. The maximum atomic E-state index is 13.6. The molecule has 2 aromatic carbocycles. The van der Waals surface area contributed by atoms with Gasteiger partial charge in [-0.2, -0.15) is 5.26 Å². The Labute approximate surface area is 238 Å². The standard InChI is InChI=1S/C30H35N7O2S/c1-21-18-22(2)26(34-24-9-12-35(13-10-24)27-7-4-3-6-23(27)20-31)19-25(21)30(38)37-16-14-36(15-17-37)29-28(40(32)39)8-5-11-33-29/h3-8,11,18-19,24,34H,9-10,12-17,32H2,1-2H3. The summed E-state index contributed by atoms with van der Waals surface area (Å²) in [5.74, 6) is 0.641. The van der Waals surface area contributed by atoms with E-state index in [0.29, 0.717) is 54.1 Å². The zero-order chi connectivity index (χ0) is 28.2. The van der Waals surface area contributed by atoms with E-state index in [2.05, 4.69) is 34.3 Å². The lowest BCUT2D eigenvalue weighted by Crippen LogP contribution is -2.49. The number of hydrogen-bond donors (Lipinski definition) is 2. The number of carbonyl (C=O) groups is 1. The Hall–Kier alpha value is -3.78. The molecular weight excluding hydrogens is 522 g/mol. The van der Waals surface area contributed by atoms with Crippen LogP contribution in [-0.4, -0.2) is 65.7 Å². The highest BCUT2D eigenvalue weighted by molar-refractivity contribution is 7.89. The molecule has 2 aliphatic rings. The number of benzene rings is 2. The molecule has 0 spiro atoms. The van der Waals surface area contributed by atoms with Crippen molar-refractivity contribution in [3.8, 4) is 6.07 Å². The first-order valence-electron chi connectivity index (χ1n) is 13.6. The lowest BCUT2D eigenvalue weighted by Gasteiger charge is -2.36. The lowest BCUT2D eigenvalue weighted by molar-refractivity contribution is 0.0745. The molecule has 3 N–H and O–H groups in total. The van der Waals surface area contributed by atoms with Gasteiger partial charge in [0.05, 0.1) is 22.6 Å². The molecule has 9 nitrogen and oxygen atoms in total. The van der Waals surface area contributed by atoms with Gasteiger partial charge >= 0.3 is 0 Å². The number of nitrogens with two attached hydrogens (primary N) is 1. The maximum absolute atomic E-state index is 13.6. The first-order chi connectivity index (χ1) is 19.4. The fourth-order valence-electron chi connectivity index (χ4n) is 5.64. The van der Waals surface area contributed by atoms with Crippen LogP contribution in [-0.2, 0) is 11.4 Å². The van der Waals surface area contributed by atoms with Crippen LogP contribution in [0.15, 0.2) is 59.6 Å². The van der Waals surface area contributed by atoms with E-state index in [-0.39, 0.29) is 5.91 Å². The molecule has 0 bridgehead atoms. The molecule has 2 aliphatic heterocycles. The van der Waals surface area contributed by atoms with Crippen molar-refractivity contribution in [1.29, 1.82) is 5.26 Å². The topological polar surface area (TPSA) is 125 Å². The Morgan fingerprint density at radius 1 is 1.02 bits per heavy atom. The van der Waals surface area contributed by atoms with Crippen molar-refractivity contribution >= 4 is 34.5 Å². The minimum absolute atomic E-state index is 0.0202. The van der Waals surface area contributed by atoms with E-state index in [0.717, 1.165) is 48.4 Å². The molecule has 1 amide bonds. The van der Waals surface area contributed by atoms with Crippen LogP contribution in [0.3, 0.4) is 0 Å². The molecular formula is C30H35N7O2S. The van der Waals surface area contributed by atoms with E-state index < -0.39 is 11.4 Å². The Kier molecular flexibility index (Phi) is 8.45. The summed E-state index contributed by atoms with van der Waals surface area (Å²) in [5.41, 5.74) is 5.49. The Morgan fingerprint density at radius 2 is 1.75 bits per heavy atom. The van der Waals surface area contributed by atoms with E-state index in [4.69, 9.17) is 5.14 Å². The summed E-state index contributed by atoms with van der Waals surface area (Å²) in [6, 6.07) is 17.9. The normalized spacial score (nSPS) is 16.9. The highest BCUT2D eigenvalue weighted by atomic mass is 32.2. The molecule has 3 aromatic rings. The predicted molar refractivity (Wildman–Crippen MR) is 159 cm³/mol. The average molecular weight is 558 g/mol. The third-order valence-electron chi connectivity index (χ3n) is 7.86. The van der Waals surface area contributed by atoms with Crippen LogP contribution in [0, 0.1) is 25.2 Å². The van der Waals surface area contributed by atoms with Crippen molar-refractivity contribution in [2.45, 2.75) is 37.6 Å². The van der Waals surface area contributed by atoms with E-state index >= 15 is 0 Å². The Bertz CT molecular complexity index is 1410. The highest BCUT2D eigenvalue weighted by Gasteiger charge is 2.28. The molecule has 2 fully saturated rings. The summed E-state index contributed by atoms with van der Waals surface area (Å²) in [6.07, 6.45) is 3.56. The summed E-state index contributed by atoms with van der Waals surface area (Å²) < 4.78 is 12.0. The van der Waals surface area contributed by atoms with Crippen LogP contribution in [0.25, 0.3) is 0 Å². The highest BCUT2D eigenvalue weighted by Crippen LogP contribution is 2.28. The first kappa shape index (κ1) is 27.8. The van der Waals surface area contributed by atoms with Crippen LogP contribution < -0.4 is 20.3 Å². The number of aromatic nitrogens is 1. The molecule has 1 atom stereocenters. The molecule has 40 heavy (non-hydrogen) atoms. The average Bonchev–Trinajstić information content (AvgIpc) is 2.98. The lowest BCUT2D eigenvalue weighted by atomic mass is 9.99. The molecule has 0 aliphatic carbocycles. The van der Waals surface area contributed by atoms with Crippen LogP contribution in [0.2, 0.25) is 0 Å². The van der Waals surface area contributed by atoms with Crippen molar-refractivity contribution in [3.05, 3.63) is 77.0 Å². The largest absolute Gasteiger partial charge is 0.593 e. The fraction of sp³-hybridized carbons (Fsp3) is 0.367. The van der Waals surface area contributed by atoms with Crippen LogP contribution in [0.4, 0.5) is 17.2 Å². The van der Waals surface area contributed by atoms with Gasteiger partial charge in [0.2, 0.25) is 4.90 Å². The number of nitrogens with one attached hydrogen (secondary N) is 1. The number of anilines is 3. The van der Waals surface area contributed by atoms with Gasteiger partial charge in [-0.3, -0.25) is 4.79 Å². The monoisotopic (exact) mass is 557 g/mol. The molecule has 2 saturated heterocycles. The summed E-state index contributed by atoms with van der Waals surface area (Å²) in [6.45, 7) is 8.08. The van der Waals surface area contributed by atoms with Gasteiger partial charge in [-0.25, -0.2) is 4.98 Å². The number of aryl methyl sites for hydroxylation is 2. The molecule has 208 valence electrons. The second-order valence-electron chi connectivity index (χ2n) is 10.4. The van der Waals surface area contributed by atoms with Gasteiger partial charge in [-0.15, -0.1) is 5.14 Å². The molecule has 10 heteroatoms. The van der Waals surface area contributed by atoms with E-state index in [1.807, 2.05) is 47.1 Å². The van der Waals surface area contributed by atoms with Gasteiger partial charge in [0.1, 0.15) is 6.07 Å². The summed E-state index contributed by atoms with van der Waals surface area (Å²) in [5, 5.41) is 18.8. The number of hydrogen-bond acceptors (Lipinski definition) is 8. The molecule has 5 rings (SSSR count). The van der Waals surface area contributed by atoms with Crippen molar-refractivity contribution < 1.29 is 9.35 Å². The zero-order valence-corrected chi connectivity index (χ0v) is 23.8. The third kappa shape index (κ3) is 5.87. The van der Waals surface area contributed by atoms with Gasteiger partial charge in [0.25, 0.3) is 5.91 Å². The number of para-hydroxylation sites is 1. The number of pyridine rings is 1. The number of nitriles is 1. The Balaban J connectivity index is 1.23. The maximum Gasteiger partial charge on any atom is 0.254 e. The zero-order valence-electron chi connectivity index (χ0n) is 23.0. The molecule has 1 unspecified atom stereocenters. The number of piperidine rings is 1. The van der Waals surface area contributed by atoms with Crippen molar-refractivity contribution in [2.24, 2.45) is 5.14 Å². The summed E-state index contributed by atoms with van der Waals surface area (Å²) >= 11 is -1.62. The van der Waals surface area contributed by atoms with Gasteiger partial charge in [0, 0.05) is 68.8 Å². The molecule has 0 radical (unpaired) electrons. The van der Waals surface area contributed by atoms with Crippen LogP contribution in [0.5, 0.6) is 0 Å². The van der Waals surface area contributed by atoms with Gasteiger partial charge in [0.15, 0.2) is 5.82 Å². The first-order valence-corrected chi connectivity index (χ1v) is 14.8. The van der Waals surface area contributed by atoms with Crippen LogP contribution >= 0.6 is 0 Å². The molecule has 0 saturated carbocycles. The summed E-state index contributed by atoms with van der Waals surface area (Å²) in [4.78, 5) is 24.7. The van der Waals surface area contributed by atoms with Gasteiger partial charge < -0.3 is 24.6 Å². The summed E-state index contributed by atoms with van der Waals surface area (Å²) in [7, 11) is 0. The minimum Gasteiger partial charge on any atom is -0.593 e. The van der Waals surface area contributed by atoms with Gasteiger partial charge in [-0.1, -0.05) is 18.2 Å². The Morgan fingerprint density at radius 3 is 2.45 bits per heavy atom. The number of amides is 1. The number of carbonyl (C=O) groups excluding carboxylic acids is 1. The second kappa shape index (κ2) is 12.2. The SMILES string of the molecule is Cc1cc(C)c(C(=O)N2CCN(c3ncccc3[S+](N)[O-])CC2)cc1NC1CCN(c2ccccc2C#N)CC1. The van der Waals surface area contributed by atoms with E-state index in [9.17, 15) is 14.6 Å². The fourth-order valence-corrected chi connectivity index (χ4v) is 6.21. The number of nitrogens with zero attached hydrogens (tertiary/aromatic N) is 5. The van der Waals surface area contributed by atoms with Crippen molar-refractivity contribution in [3.63, 3.8) is 0 Å². The quantitative estimate of drug-likeness (QED) is 0.441. The number of piperazine rings is 1. The minimum atomic E-state index is -1.62. The molecule has 3 heterocycles. The van der Waals surface area contributed by atoms with Crippen LogP contribution in [0.1, 0.15) is 39.9 Å². The van der Waals surface area contributed by atoms with Crippen molar-refractivity contribution in [2.75, 3.05) is 54.4 Å². The predicted octanol–water partition coefficient (Wildman–Crippen LogP) is 3.59. The van der Waals surface area contributed by atoms with E-state index in [1.165, 1.54) is 0 Å².